The van der Waals surface area contributed by atoms with Crippen LogP contribution in [-0.4, -0.2) is 35.9 Å². The number of esters is 2. The maximum atomic E-state index is 12.6. The molecule has 0 bridgehead atoms. The summed E-state index contributed by atoms with van der Waals surface area (Å²) in [4.78, 5) is 48.4. The highest BCUT2D eigenvalue weighted by molar-refractivity contribution is 6.14. The van der Waals surface area contributed by atoms with Crippen LogP contribution in [0.15, 0.2) is 46.5 Å². The molecular formula is C19H16N2O7. The minimum Gasteiger partial charge on any atom is -0.463 e. The number of rotatable bonds is 5. The van der Waals surface area contributed by atoms with Crippen molar-refractivity contribution >= 4 is 30.0 Å². The van der Waals surface area contributed by atoms with Crippen LogP contribution in [0.5, 0.6) is 5.75 Å². The Bertz CT molecular complexity index is 990. The molecule has 3 amide bonds. The first-order valence-electron chi connectivity index (χ1n) is 8.18. The van der Waals surface area contributed by atoms with Crippen molar-refractivity contribution < 1.29 is 33.1 Å². The number of urea groups is 1. The second-order valence-electron chi connectivity index (χ2n) is 5.77. The molecule has 1 aromatic heterocycles. The topological polar surface area (TPSA) is 115 Å². The summed E-state index contributed by atoms with van der Waals surface area (Å²) in [5.74, 6) is -1.28. The number of nitrogens with one attached hydrogen (secondary N) is 1. The monoisotopic (exact) mass is 384 g/mol. The molecule has 1 aliphatic heterocycles. The zero-order valence-corrected chi connectivity index (χ0v) is 15.1. The van der Waals surface area contributed by atoms with Gasteiger partial charge < -0.3 is 19.2 Å². The van der Waals surface area contributed by atoms with E-state index in [1.807, 2.05) is 0 Å². The third kappa shape index (κ3) is 3.93. The average molecular weight is 384 g/mol. The number of hydrogen-bond acceptors (Lipinski definition) is 7. The molecule has 2 aromatic rings. The molecule has 0 aliphatic carbocycles. The summed E-state index contributed by atoms with van der Waals surface area (Å²) in [5.41, 5.74) is 0.471. The molecule has 1 saturated heterocycles. The fourth-order valence-corrected chi connectivity index (χ4v) is 2.55. The maximum absolute atomic E-state index is 12.6. The number of benzene rings is 1. The van der Waals surface area contributed by atoms with E-state index in [4.69, 9.17) is 9.15 Å². The van der Waals surface area contributed by atoms with E-state index in [9.17, 15) is 19.2 Å². The number of amides is 3. The van der Waals surface area contributed by atoms with Crippen LogP contribution in [0.3, 0.4) is 0 Å². The molecule has 1 aromatic carbocycles. The summed E-state index contributed by atoms with van der Waals surface area (Å²) in [6, 6.07) is 8.83. The van der Waals surface area contributed by atoms with E-state index in [1.165, 1.54) is 32.2 Å². The average Bonchev–Trinajstić information content (AvgIpc) is 3.23. The summed E-state index contributed by atoms with van der Waals surface area (Å²) in [5, 5.41) is 2.47. The van der Waals surface area contributed by atoms with Crippen LogP contribution in [0.25, 0.3) is 6.08 Å². The number of para-hydroxylation sites is 1. The van der Waals surface area contributed by atoms with Gasteiger partial charge in [0, 0.05) is 12.5 Å². The first-order chi connectivity index (χ1) is 13.4. The summed E-state index contributed by atoms with van der Waals surface area (Å²) < 4.78 is 14.9. The largest absolute Gasteiger partial charge is 0.463 e. The van der Waals surface area contributed by atoms with Crippen LogP contribution in [0.2, 0.25) is 0 Å². The van der Waals surface area contributed by atoms with Gasteiger partial charge in [0.25, 0.3) is 5.91 Å². The summed E-state index contributed by atoms with van der Waals surface area (Å²) >= 11 is 0. The van der Waals surface area contributed by atoms with Crippen molar-refractivity contribution in [1.82, 2.24) is 10.2 Å². The SMILES string of the molecule is COC(=O)c1ccc(CN2C(=O)N/C(=C\c3ccccc3OC(C)=O)C2=O)o1. The van der Waals surface area contributed by atoms with E-state index in [2.05, 4.69) is 10.1 Å². The Hall–Kier alpha value is -3.88. The predicted molar refractivity (Wildman–Crippen MR) is 94.9 cm³/mol. The fraction of sp³-hybridized carbons (Fsp3) is 0.158. The Morgan fingerprint density at radius 1 is 1.18 bits per heavy atom. The second kappa shape index (κ2) is 7.78. The molecule has 1 aliphatic rings. The van der Waals surface area contributed by atoms with Crippen LogP contribution in [-0.2, 0) is 20.9 Å². The molecule has 0 spiro atoms. The Labute approximate surface area is 159 Å². The van der Waals surface area contributed by atoms with Crippen LogP contribution in [0, 0.1) is 0 Å². The van der Waals surface area contributed by atoms with Crippen molar-refractivity contribution in [2.45, 2.75) is 13.5 Å². The molecule has 1 N–H and O–H groups in total. The van der Waals surface area contributed by atoms with Gasteiger partial charge in [0.1, 0.15) is 17.2 Å². The lowest BCUT2D eigenvalue weighted by atomic mass is 10.1. The van der Waals surface area contributed by atoms with Crippen LogP contribution >= 0.6 is 0 Å². The maximum Gasteiger partial charge on any atom is 0.373 e. The molecule has 2 heterocycles. The van der Waals surface area contributed by atoms with E-state index in [-0.39, 0.29) is 29.5 Å². The summed E-state index contributed by atoms with van der Waals surface area (Å²) in [6.45, 7) is 1.10. The molecular weight excluding hydrogens is 368 g/mol. The molecule has 144 valence electrons. The van der Waals surface area contributed by atoms with Gasteiger partial charge in [-0.15, -0.1) is 0 Å². The number of carbonyl (C=O) groups excluding carboxylic acids is 4. The molecule has 0 radical (unpaired) electrons. The predicted octanol–water partition coefficient (Wildman–Crippen LogP) is 2.08. The lowest BCUT2D eigenvalue weighted by Gasteiger charge is -2.09. The Kier molecular flexibility index (Phi) is 5.25. The van der Waals surface area contributed by atoms with E-state index in [0.717, 1.165) is 4.90 Å². The lowest BCUT2D eigenvalue weighted by molar-refractivity contribution is -0.131. The summed E-state index contributed by atoms with van der Waals surface area (Å²) in [6.07, 6.45) is 1.42. The van der Waals surface area contributed by atoms with Crippen LogP contribution in [0.1, 0.15) is 28.8 Å². The standard InChI is InChI=1S/C19H16N2O7/c1-11(22)27-15-6-4-3-5-12(15)9-14-17(23)21(19(25)20-14)10-13-7-8-16(28-13)18(24)26-2/h3-9H,10H2,1-2H3,(H,20,25)/b14-9-. The molecule has 9 heteroatoms. The molecule has 28 heavy (non-hydrogen) atoms. The van der Waals surface area contributed by atoms with Crippen molar-refractivity contribution in [3.05, 3.63) is 59.2 Å². The number of ether oxygens (including phenoxy) is 2. The number of methoxy groups -OCH3 is 1. The first kappa shape index (κ1) is 18.9. The van der Waals surface area contributed by atoms with Gasteiger partial charge in [0.05, 0.1) is 13.7 Å². The number of carbonyl (C=O) groups is 4. The second-order valence-corrected chi connectivity index (χ2v) is 5.77. The van der Waals surface area contributed by atoms with Crippen LogP contribution < -0.4 is 10.1 Å². The molecule has 0 unspecified atom stereocenters. The van der Waals surface area contributed by atoms with Gasteiger partial charge in [-0.3, -0.25) is 14.5 Å². The van der Waals surface area contributed by atoms with Gasteiger partial charge in [-0.25, -0.2) is 9.59 Å². The number of imide groups is 1. The van der Waals surface area contributed by atoms with E-state index in [0.29, 0.717) is 5.56 Å². The van der Waals surface area contributed by atoms with Gasteiger partial charge in [-0.2, -0.15) is 0 Å². The van der Waals surface area contributed by atoms with E-state index in [1.54, 1.807) is 24.3 Å². The first-order valence-corrected chi connectivity index (χ1v) is 8.18. The molecule has 9 nitrogen and oxygen atoms in total. The number of nitrogens with zero attached hydrogens (tertiary/aromatic N) is 1. The van der Waals surface area contributed by atoms with Crippen molar-refractivity contribution in [2.24, 2.45) is 0 Å². The smallest absolute Gasteiger partial charge is 0.373 e. The third-order valence-corrected chi connectivity index (χ3v) is 3.80. The summed E-state index contributed by atoms with van der Waals surface area (Å²) in [7, 11) is 1.21. The molecule has 0 atom stereocenters. The highest BCUT2D eigenvalue weighted by Crippen LogP contribution is 2.24. The van der Waals surface area contributed by atoms with Crippen molar-refractivity contribution in [2.75, 3.05) is 7.11 Å². The Morgan fingerprint density at radius 2 is 1.93 bits per heavy atom. The zero-order valence-electron chi connectivity index (χ0n) is 15.1. The lowest BCUT2D eigenvalue weighted by Crippen LogP contribution is -2.30. The van der Waals surface area contributed by atoms with Crippen LogP contribution in [0.4, 0.5) is 4.79 Å². The minimum absolute atomic E-state index is 0.0179. The van der Waals surface area contributed by atoms with Gasteiger partial charge in [0.15, 0.2) is 0 Å². The number of furan rings is 1. The minimum atomic E-state index is -0.661. The van der Waals surface area contributed by atoms with Crippen molar-refractivity contribution in [1.29, 1.82) is 0 Å². The molecule has 3 rings (SSSR count). The number of hydrogen-bond donors (Lipinski definition) is 1. The molecule has 1 fully saturated rings. The van der Waals surface area contributed by atoms with Crippen molar-refractivity contribution in [3.8, 4) is 5.75 Å². The van der Waals surface area contributed by atoms with E-state index < -0.39 is 23.9 Å². The normalized spacial score (nSPS) is 14.9. The van der Waals surface area contributed by atoms with E-state index >= 15 is 0 Å². The van der Waals surface area contributed by atoms with Gasteiger partial charge >= 0.3 is 18.0 Å². The highest BCUT2D eigenvalue weighted by atomic mass is 16.5. The third-order valence-electron chi connectivity index (χ3n) is 3.80. The molecule has 0 saturated carbocycles. The Balaban J connectivity index is 1.80. The fourth-order valence-electron chi connectivity index (χ4n) is 2.55. The Morgan fingerprint density at radius 3 is 2.64 bits per heavy atom. The van der Waals surface area contributed by atoms with Gasteiger partial charge in [-0.1, -0.05) is 18.2 Å². The zero-order chi connectivity index (χ0) is 20.3. The van der Waals surface area contributed by atoms with Gasteiger partial charge in [0.2, 0.25) is 5.76 Å². The highest BCUT2D eigenvalue weighted by Gasteiger charge is 2.34. The van der Waals surface area contributed by atoms with Gasteiger partial charge in [-0.05, 0) is 24.3 Å². The quantitative estimate of drug-likeness (QED) is 0.363. The van der Waals surface area contributed by atoms with Crippen molar-refractivity contribution in [3.63, 3.8) is 0 Å².